The number of nitrogens with one attached hydrogen (secondary N) is 1. The molecule has 0 radical (unpaired) electrons. The number of rotatable bonds is 4. The molecule has 1 aliphatic rings. The summed E-state index contributed by atoms with van der Waals surface area (Å²) < 4.78 is 13.8. The molecule has 0 aromatic heterocycles. The maximum atomic E-state index is 13.0. The molecule has 0 saturated carbocycles. The van der Waals surface area contributed by atoms with E-state index in [2.05, 4.69) is 21.2 Å². The number of halogens is 2. The highest BCUT2D eigenvalue weighted by atomic mass is 79.9. The van der Waals surface area contributed by atoms with Gasteiger partial charge in [0.25, 0.3) is 5.91 Å². The zero-order valence-corrected chi connectivity index (χ0v) is 16.6. The second-order valence-electron chi connectivity index (χ2n) is 6.61. The molecule has 0 aliphatic carbocycles. The van der Waals surface area contributed by atoms with Crippen LogP contribution in [0, 0.1) is 12.7 Å². The molecule has 0 atom stereocenters. The summed E-state index contributed by atoms with van der Waals surface area (Å²) >= 11 is 3.46. The number of benzene rings is 2. The number of nitrogens with zero attached hydrogens (tertiary/aromatic N) is 2. The Labute approximate surface area is 166 Å². The fourth-order valence-electron chi connectivity index (χ4n) is 3.00. The summed E-state index contributed by atoms with van der Waals surface area (Å²) in [5.74, 6) is -0.553. The van der Waals surface area contributed by atoms with E-state index in [4.69, 9.17) is 0 Å². The van der Waals surface area contributed by atoms with Gasteiger partial charge in [0.05, 0.1) is 12.2 Å². The van der Waals surface area contributed by atoms with Crippen LogP contribution in [0.25, 0.3) is 0 Å². The number of carbonyl (C=O) groups excluding carboxylic acids is 2. The minimum Gasteiger partial charge on any atom is -0.336 e. The Bertz CT molecular complexity index is 834. The molecule has 142 valence electrons. The van der Waals surface area contributed by atoms with Gasteiger partial charge in [0.15, 0.2) is 0 Å². The van der Waals surface area contributed by atoms with E-state index in [9.17, 15) is 14.0 Å². The summed E-state index contributed by atoms with van der Waals surface area (Å²) in [6.45, 7) is 4.59. The molecule has 5 nitrogen and oxygen atoms in total. The Kier molecular flexibility index (Phi) is 6.23. The number of aryl methyl sites for hydroxylation is 1. The van der Waals surface area contributed by atoms with Gasteiger partial charge < -0.3 is 10.2 Å². The van der Waals surface area contributed by atoms with Crippen LogP contribution >= 0.6 is 15.9 Å². The van der Waals surface area contributed by atoms with Gasteiger partial charge in [0.1, 0.15) is 5.82 Å². The molecule has 2 aromatic carbocycles. The van der Waals surface area contributed by atoms with Crippen molar-refractivity contribution in [2.75, 3.05) is 38.0 Å². The average Bonchev–Trinajstić information content (AvgIpc) is 2.65. The van der Waals surface area contributed by atoms with Crippen LogP contribution < -0.4 is 5.32 Å². The third-order valence-electron chi connectivity index (χ3n) is 4.52. The van der Waals surface area contributed by atoms with Crippen molar-refractivity contribution in [2.24, 2.45) is 0 Å². The zero-order chi connectivity index (χ0) is 19.4. The number of anilines is 1. The summed E-state index contributed by atoms with van der Waals surface area (Å²) in [7, 11) is 0. The van der Waals surface area contributed by atoms with Gasteiger partial charge in [0, 0.05) is 36.2 Å². The van der Waals surface area contributed by atoms with Gasteiger partial charge in [-0.3, -0.25) is 14.5 Å². The predicted molar refractivity (Wildman–Crippen MR) is 106 cm³/mol. The van der Waals surface area contributed by atoms with E-state index in [1.807, 2.05) is 30.0 Å². The highest BCUT2D eigenvalue weighted by Gasteiger charge is 2.23. The first kappa shape index (κ1) is 19.5. The van der Waals surface area contributed by atoms with Gasteiger partial charge in [-0.15, -0.1) is 0 Å². The Morgan fingerprint density at radius 2 is 1.74 bits per heavy atom. The fraction of sp³-hybridized carbons (Fsp3) is 0.300. The number of piperazine rings is 1. The van der Waals surface area contributed by atoms with Crippen molar-refractivity contribution in [1.82, 2.24) is 9.80 Å². The number of carbonyl (C=O) groups is 2. The predicted octanol–water partition coefficient (Wildman–Crippen LogP) is 3.29. The van der Waals surface area contributed by atoms with Crippen LogP contribution in [0.15, 0.2) is 46.9 Å². The second kappa shape index (κ2) is 8.63. The molecule has 2 aromatic rings. The lowest BCUT2D eigenvalue weighted by atomic mass is 10.2. The molecule has 0 unspecified atom stereocenters. The second-order valence-corrected chi connectivity index (χ2v) is 7.46. The molecule has 1 fully saturated rings. The molecule has 1 saturated heterocycles. The smallest absolute Gasteiger partial charge is 0.253 e. The zero-order valence-electron chi connectivity index (χ0n) is 15.0. The lowest BCUT2D eigenvalue weighted by Gasteiger charge is -2.34. The van der Waals surface area contributed by atoms with E-state index < -0.39 is 0 Å². The summed E-state index contributed by atoms with van der Waals surface area (Å²) in [4.78, 5) is 28.5. The maximum absolute atomic E-state index is 13.0. The van der Waals surface area contributed by atoms with Crippen LogP contribution in [0.4, 0.5) is 10.1 Å². The molecule has 0 spiro atoms. The van der Waals surface area contributed by atoms with Crippen molar-refractivity contribution in [3.8, 4) is 0 Å². The molecule has 3 rings (SSSR count). The van der Waals surface area contributed by atoms with Gasteiger partial charge in [-0.2, -0.15) is 0 Å². The first-order chi connectivity index (χ1) is 12.9. The highest BCUT2D eigenvalue weighted by molar-refractivity contribution is 9.10. The Morgan fingerprint density at radius 3 is 2.37 bits per heavy atom. The Morgan fingerprint density at radius 1 is 1.07 bits per heavy atom. The molecule has 1 N–H and O–H groups in total. The lowest BCUT2D eigenvalue weighted by molar-refractivity contribution is -0.117. The van der Waals surface area contributed by atoms with E-state index in [0.29, 0.717) is 31.7 Å². The summed E-state index contributed by atoms with van der Waals surface area (Å²) in [5, 5.41) is 2.91. The first-order valence-corrected chi connectivity index (χ1v) is 9.55. The maximum Gasteiger partial charge on any atom is 0.253 e. The van der Waals surface area contributed by atoms with Crippen molar-refractivity contribution in [3.05, 3.63) is 63.9 Å². The topological polar surface area (TPSA) is 52.7 Å². The number of hydrogen-bond donors (Lipinski definition) is 1. The van der Waals surface area contributed by atoms with Gasteiger partial charge in [-0.25, -0.2) is 4.39 Å². The van der Waals surface area contributed by atoms with E-state index in [1.165, 1.54) is 24.3 Å². The van der Waals surface area contributed by atoms with Crippen molar-refractivity contribution in [3.63, 3.8) is 0 Å². The quantitative estimate of drug-likeness (QED) is 0.804. The molecule has 1 heterocycles. The van der Waals surface area contributed by atoms with Crippen LogP contribution in [-0.2, 0) is 4.79 Å². The van der Waals surface area contributed by atoms with E-state index in [0.717, 1.165) is 15.7 Å². The largest absolute Gasteiger partial charge is 0.336 e. The van der Waals surface area contributed by atoms with Crippen molar-refractivity contribution >= 4 is 33.4 Å². The van der Waals surface area contributed by atoms with Crippen molar-refractivity contribution in [1.29, 1.82) is 0 Å². The summed E-state index contributed by atoms with van der Waals surface area (Å²) in [6.07, 6.45) is 0. The van der Waals surface area contributed by atoms with E-state index in [-0.39, 0.29) is 24.2 Å². The van der Waals surface area contributed by atoms with Crippen LogP contribution in [0.1, 0.15) is 15.9 Å². The van der Waals surface area contributed by atoms with Crippen molar-refractivity contribution < 1.29 is 14.0 Å². The van der Waals surface area contributed by atoms with Crippen molar-refractivity contribution in [2.45, 2.75) is 6.92 Å². The third kappa shape index (κ3) is 5.14. The average molecular weight is 434 g/mol. The normalized spacial score (nSPS) is 14.9. The molecule has 1 aliphatic heterocycles. The summed E-state index contributed by atoms with van der Waals surface area (Å²) in [5.41, 5.74) is 2.34. The number of hydrogen-bond acceptors (Lipinski definition) is 3. The minimum absolute atomic E-state index is 0.0853. The van der Waals surface area contributed by atoms with Crippen LogP contribution in [0.5, 0.6) is 0 Å². The molecule has 2 amide bonds. The monoisotopic (exact) mass is 433 g/mol. The minimum atomic E-state index is -0.359. The van der Waals surface area contributed by atoms with Gasteiger partial charge in [-0.1, -0.05) is 6.07 Å². The van der Waals surface area contributed by atoms with Crippen LogP contribution in [0.2, 0.25) is 0 Å². The van der Waals surface area contributed by atoms with Gasteiger partial charge >= 0.3 is 0 Å². The van der Waals surface area contributed by atoms with Crippen LogP contribution in [0.3, 0.4) is 0 Å². The molecule has 27 heavy (non-hydrogen) atoms. The standard InChI is InChI=1S/C20H21BrFN3O2/c1-14-2-7-18(17(21)12-14)23-19(26)13-24-8-10-25(11-9-24)20(27)15-3-5-16(22)6-4-15/h2-7,12H,8-11,13H2,1H3,(H,23,26). The van der Waals surface area contributed by atoms with E-state index in [1.54, 1.807) is 4.90 Å². The van der Waals surface area contributed by atoms with Crippen LogP contribution in [-0.4, -0.2) is 54.3 Å². The molecular weight excluding hydrogens is 413 g/mol. The molecule has 7 heteroatoms. The Balaban J connectivity index is 1.49. The third-order valence-corrected chi connectivity index (χ3v) is 5.17. The highest BCUT2D eigenvalue weighted by Crippen LogP contribution is 2.23. The van der Waals surface area contributed by atoms with E-state index >= 15 is 0 Å². The lowest BCUT2D eigenvalue weighted by Crippen LogP contribution is -2.50. The first-order valence-electron chi connectivity index (χ1n) is 8.75. The Hall–Kier alpha value is -2.25. The number of amides is 2. The SMILES string of the molecule is Cc1ccc(NC(=O)CN2CCN(C(=O)c3ccc(F)cc3)CC2)c(Br)c1. The molecular formula is C20H21BrFN3O2. The fourth-order valence-corrected chi connectivity index (χ4v) is 3.59. The van der Waals surface area contributed by atoms with Gasteiger partial charge in [0.2, 0.25) is 5.91 Å². The molecule has 0 bridgehead atoms. The van der Waals surface area contributed by atoms with Gasteiger partial charge in [-0.05, 0) is 64.8 Å². The summed E-state index contributed by atoms with van der Waals surface area (Å²) in [6, 6.07) is 11.3.